The fourth-order valence-electron chi connectivity index (χ4n) is 2.30. The van der Waals surface area contributed by atoms with Gasteiger partial charge in [0.2, 0.25) is 5.91 Å². The molecule has 92 valence electrons. The fourth-order valence-corrected chi connectivity index (χ4v) is 3.53. The maximum Gasteiger partial charge on any atom is 0.234 e. The van der Waals surface area contributed by atoms with Gasteiger partial charge in [-0.25, -0.2) is 0 Å². The minimum atomic E-state index is 0.176. The Labute approximate surface area is 102 Å². The van der Waals surface area contributed by atoms with Crippen molar-refractivity contribution in [2.45, 2.75) is 56.4 Å². The van der Waals surface area contributed by atoms with Gasteiger partial charge in [0.25, 0.3) is 0 Å². The summed E-state index contributed by atoms with van der Waals surface area (Å²) >= 11 is 2.03. The van der Waals surface area contributed by atoms with Gasteiger partial charge < -0.3 is 10.6 Å². The zero-order chi connectivity index (χ0) is 11.4. The molecule has 2 unspecified atom stereocenters. The number of amides is 1. The Morgan fingerprint density at radius 3 is 2.81 bits per heavy atom. The van der Waals surface area contributed by atoms with Gasteiger partial charge in [-0.3, -0.25) is 4.79 Å². The minimum absolute atomic E-state index is 0.176. The van der Waals surface area contributed by atoms with E-state index in [2.05, 4.69) is 17.6 Å². The molecule has 16 heavy (non-hydrogen) atoms. The van der Waals surface area contributed by atoms with Crippen molar-refractivity contribution in [2.24, 2.45) is 0 Å². The van der Waals surface area contributed by atoms with Crippen LogP contribution in [0.3, 0.4) is 0 Å². The summed E-state index contributed by atoms with van der Waals surface area (Å²) in [6.07, 6.45) is 6.18. The molecule has 2 saturated carbocycles. The van der Waals surface area contributed by atoms with Crippen molar-refractivity contribution in [2.75, 3.05) is 12.3 Å². The SMILES string of the molecule is CCSC1CCCC1NCC(=O)NC1CC1. The van der Waals surface area contributed by atoms with E-state index in [0.717, 1.165) is 5.25 Å². The van der Waals surface area contributed by atoms with E-state index in [1.54, 1.807) is 0 Å². The molecule has 2 fully saturated rings. The van der Waals surface area contributed by atoms with Crippen LogP contribution in [-0.4, -0.2) is 35.5 Å². The third-order valence-corrected chi connectivity index (χ3v) is 4.63. The van der Waals surface area contributed by atoms with Gasteiger partial charge in [-0.2, -0.15) is 11.8 Å². The predicted octanol–water partition coefficient (Wildman–Crippen LogP) is 1.53. The summed E-state index contributed by atoms with van der Waals surface area (Å²) in [6, 6.07) is 1.04. The summed E-state index contributed by atoms with van der Waals surface area (Å²) in [5, 5.41) is 7.15. The minimum Gasteiger partial charge on any atom is -0.352 e. The molecule has 1 amide bonds. The van der Waals surface area contributed by atoms with E-state index in [9.17, 15) is 4.79 Å². The Hall–Kier alpha value is -0.220. The van der Waals surface area contributed by atoms with Gasteiger partial charge in [-0.1, -0.05) is 13.3 Å². The molecule has 2 aliphatic rings. The lowest BCUT2D eigenvalue weighted by Crippen LogP contribution is -2.42. The number of nitrogens with one attached hydrogen (secondary N) is 2. The number of thioether (sulfide) groups is 1. The average molecular weight is 242 g/mol. The molecule has 4 heteroatoms. The number of carbonyl (C=O) groups is 1. The molecule has 0 bridgehead atoms. The third-order valence-electron chi connectivity index (χ3n) is 3.30. The highest BCUT2D eigenvalue weighted by Gasteiger charge is 2.28. The van der Waals surface area contributed by atoms with Crippen LogP contribution >= 0.6 is 11.8 Å². The molecule has 0 aromatic heterocycles. The van der Waals surface area contributed by atoms with Crippen LogP contribution in [0.2, 0.25) is 0 Å². The molecular formula is C12H22N2OS. The van der Waals surface area contributed by atoms with Gasteiger partial charge in [0.1, 0.15) is 0 Å². The van der Waals surface area contributed by atoms with Crippen LogP contribution in [0.15, 0.2) is 0 Å². The Kier molecular flexibility index (Phi) is 4.53. The van der Waals surface area contributed by atoms with E-state index in [4.69, 9.17) is 0 Å². The van der Waals surface area contributed by atoms with Crippen LogP contribution in [-0.2, 0) is 4.79 Å². The number of carbonyl (C=O) groups excluding carboxylic acids is 1. The second-order valence-electron chi connectivity index (χ2n) is 4.75. The van der Waals surface area contributed by atoms with Crippen LogP contribution in [0.4, 0.5) is 0 Å². The van der Waals surface area contributed by atoms with E-state index >= 15 is 0 Å². The molecule has 0 spiro atoms. The van der Waals surface area contributed by atoms with Gasteiger partial charge in [0.05, 0.1) is 6.54 Å². The molecule has 2 N–H and O–H groups in total. The number of hydrogen-bond acceptors (Lipinski definition) is 3. The summed E-state index contributed by atoms with van der Waals surface area (Å²) in [7, 11) is 0. The largest absolute Gasteiger partial charge is 0.352 e. The summed E-state index contributed by atoms with van der Waals surface area (Å²) in [5.41, 5.74) is 0. The normalized spacial score (nSPS) is 29.3. The highest BCUT2D eigenvalue weighted by Crippen LogP contribution is 2.29. The Bertz CT molecular complexity index is 243. The first-order valence-corrected chi connectivity index (χ1v) is 7.49. The van der Waals surface area contributed by atoms with Crippen LogP contribution in [0.1, 0.15) is 39.0 Å². The van der Waals surface area contributed by atoms with Crippen LogP contribution in [0.25, 0.3) is 0 Å². The lowest BCUT2D eigenvalue weighted by molar-refractivity contribution is -0.120. The average Bonchev–Trinajstić information content (AvgIpc) is 2.95. The zero-order valence-corrected chi connectivity index (χ0v) is 10.8. The molecule has 0 aliphatic heterocycles. The van der Waals surface area contributed by atoms with Crippen molar-refractivity contribution in [1.29, 1.82) is 0 Å². The predicted molar refractivity (Wildman–Crippen MR) is 68.7 cm³/mol. The lowest BCUT2D eigenvalue weighted by atomic mass is 10.2. The van der Waals surface area contributed by atoms with Crippen molar-refractivity contribution in [3.63, 3.8) is 0 Å². The van der Waals surface area contributed by atoms with Crippen LogP contribution < -0.4 is 10.6 Å². The first-order valence-electron chi connectivity index (χ1n) is 6.44. The lowest BCUT2D eigenvalue weighted by Gasteiger charge is -2.19. The number of hydrogen-bond donors (Lipinski definition) is 2. The Balaban J connectivity index is 1.65. The van der Waals surface area contributed by atoms with E-state index in [0.29, 0.717) is 18.6 Å². The molecule has 0 saturated heterocycles. The van der Waals surface area contributed by atoms with Gasteiger partial charge in [-0.05, 0) is 31.4 Å². The molecule has 0 heterocycles. The molecule has 0 radical (unpaired) electrons. The van der Waals surface area contributed by atoms with Crippen molar-refractivity contribution >= 4 is 17.7 Å². The summed E-state index contributed by atoms with van der Waals surface area (Å²) < 4.78 is 0. The van der Waals surface area contributed by atoms with Crippen LogP contribution in [0, 0.1) is 0 Å². The highest BCUT2D eigenvalue weighted by molar-refractivity contribution is 7.99. The molecule has 2 rings (SSSR count). The van der Waals surface area contributed by atoms with Crippen LogP contribution in [0.5, 0.6) is 0 Å². The second kappa shape index (κ2) is 5.92. The molecule has 3 nitrogen and oxygen atoms in total. The first-order chi connectivity index (χ1) is 7.79. The summed E-state index contributed by atoms with van der Waals surface area (Å²) in [6.45, 7) is 2.71. The molecule has 0 aromatic rings. The zero-order valence-electron chi connectivity index (χ0n) is 10.00. The molecular weight excluding hydrogens is 220 g/mol. The third kappa shape index (κ3) is 3.67. The van der Waals surface area contributed by atoms with Gasteiger partial charge in [0, 0.05) is 17.3 Å². The molecule has 0 aromatic carbocycles. The second-order valence-corrected chi connectivity index (χ2v) is 6.27. The highest BCUT2D eigenvalue weighted by atomic mass is 32.2. The summed E-state index contributed by atoms with van der Waals surface area (Å²) in [5.74, 6) is 1.35. The quantitative estimate of drug-likeness (QED) is 0.742. The molecule has 2 atom stereocenters. The smallest absolute Gasteiger partial charge is 0.234 e. The summed E-state index contributed by atoms with van der Waals surface area (Å²) in [4.78, 5) is 11.5. The fraction of sp³-hybridized carbons (Fsp3) is 0.917. The van der Waals surface area contributed by atoms with E-state index in [-0.39, 0.29) is 5.91 Å². The van der Waals surface area contributed by atoms with Crippen molar-refractivity contribution < 1.29 is 4.79 Å². The van der Waals surface area contributed by atoms with E-state index < -0.39 is 0 Å². The Morgan fingerprint density at radius 1 is 1.31 bits per heavy atom. The van der Waals surface area contributed by atoms with Gasteiger partial charge >= 0.3 is 0 Å². The monoisotopic (exact) mass is 242 g/mol. The van der Waals surface area contributed by atoms with Gasteiger partial charge in [0.15, 0.2) is 0 Å². The topological polar surface area (TPSA) is 41.1 Å². The van der Waals surface area contributed by atoms with Gasteiger partial charge in [-0.15, -0.1) is 0 Å². The van der Waals surface area contributed by atoms with Crippen molar-refractivity contribution in [3.8, 4) is 0 Å². The number of rotatable bonds is 6. The maximum absolute atomic E-state index is 11.5. The standard InChI is InChI=1S/C12H22N2OS/c1-2-16-11-5-3-4-10(11)13-8-12(15)14-9-6-7-9/h9-11,13H,2-8H2,1H3,(H,14,15). The first kappa shape index (κ1) is 12.2. The van der Waals surface area contributed by atoms with Crippen molar-refractivity contribution in [3.05, 3.63) is 0 Å². The van der Waals surface area contributed by atoms with E-state index in [1.165, 1.54) is 37.9 Å². The van der Waals surface area contributed by atoms with Crippen molar-refractivity contribution in [1.82, 2.24) is 10.6 Å². The Morgan fingerprint density at radius 2 is 2.12 bits per heavy atom. The molecule has 2 aliphatic carbocycles. The maximum atomic E-state index is 11.5. The van der Waals surface area contributed by atoms with E-state index in [1.807, 2.05) is 11.8 Å².